The first kappa shape index (κ1) is 12.8. The maximum atomic E-state index is 11.7. The summed E-state index contributed by atoms with van der Waals surface area (Å²) < 4.78 is 25.8. The van der Waals surface area contributed by atoms with Crippen LogP contribution >= 0.6 is 0 Å². The first-order chi connectivity index (χ1) is 7.30. The van der Waals surface area contributed by atoms with Crippen LogP contribution in [-0.2, 0) is 10.0 Å². The highest BCUT2D eigenvalue weighted by molar-refractivity contribution is 7.92. The lowest BCUT2D eigenvalue weighted by atomic mass is 10.2. The summed E-state index contributed by atoms with van der Waals surface area (Å²) in [7, 11) is -3.27. The molecule has 0 bridgehead atoms. The van der Waals surface area contributed by atoms with Gasteiger partial charge in [0.2, 0.25) is 10.0 Å². The summed E-state index contributed by atoms with van der Waals surface area (Å²) in [5, 5.41) is 0. The molecular formula is C11H18N2O2S. The van der Waals surface area contributed by atoms with Crippen LogP contribution in [0.3, 0.4) is 0 Å². The molecule has 0 aliphatic rings. The van der Waals surface area contributed by atoms with Crippen LogP contribution in [0.4, 0.5) is 11.4 Å². The molecule has 0 amide bonds. The van der Waals surface area contributed by atoms with E-state index < -0.39 is 10.0 Å². The lowest BCUT2D eigenvalue weighted by Crippen LogP contribution is -2.20. The van der Waals surface area contributed by atoms with Crippen molar-refractivity contribution in [3.8, 4) is 0 Å². The molecule has 5 heteroatoms. The largest absolute Gasteiger partial charge is 0.398 e. The first-order valence-corrected chi connectivity index (χ1v) is 6.82. The molecule has 3 N–H and O–H groups in total. The van der Waals surface area contributed by atoms with Gasteiger partial charge in [-0.3, -0.25) is 4.72 Å². The molecule has 0 radical (unpaired) electrons. The van der Waals surface area contributed by atoms with Crippen LogP contribution in [0.2, 0.25) is 0 Å². The maximum absolute atomic E-state index is 11.7. The van der Waals surface area contributed by atoms with Gasteiger partial charge in [0.25, 0.3) is 0 Å². The van der Waals surface area contributed by atoms with Crippen molar-refractivity contribution in [1.29, 1.82) is 0 Å². The topological polar surface area (TPSA) is 72.2 Å². The summed E-state index contributed by atoms with van der Waals surface area (Å²) in [5.74, 6) is 0.209. The third kappa shape index (κ3) is 3.73. The van der Waals surface area contributed by atoms with Crippen LogP contribution in [0.25, 0.3) is 0 Å². The predicted octanol–water partition coefficient (Wildman–Crippen LogP) is 1.97. The van der Waals surface area contributed by atoms with Gasteiger partial charge in [-0.25, -0.2) is 8.42 Å². The summed E-state index contributed by atoms with van der Waals surface area (Å²) in [6, 6.07) is 5.14. The quantitative estimate of drug-likeness (QED) is 0.793. The van der Waals surface area contributed by atoms with Gasteiger partial charge >= 0.3 is 0 Å². The van der Waals surface area contributed by atoms with Crippen molar-refractivity contribution in [3.05, 3.63) is 23.8 Å². The van der Waals surface area contributed by atoms with Crippen LogP contribution in [0.15, 0.2) is 18.2 Å². The van der Waals surface area contributed by atoms with Crippen LogP contribution in [0.1, 0.15) is 19.4 Å². The van der Waals surface area contributed by atoms with Gasteiger partial charge in [0, 0.05) is 5.69 Å². The minimum atomic E-state index is -3.27. The second-order valence-corrected chi connectivity index (χ2v) is 6.12. The molecule has 0 atom stereocenters. The SMILES string of the molecule is Cc1ccc(NS(=O)(=O)CC(C)C)cc1N. The summed E-state index contributed by atoms with van der Waals surface area (Å²) in [5.41, 5.74) is 7.75. The fourth-order valence-corrected chi connectivity index (χ4v) is 2.81. The van der Waals surface area contributed by atoms with Crippen molar-refractivity contribution in [1.82, 2.24) is 0 Å². The lowest BCUT2D eigenvalue weighted by molar-refractivity contribution is 0.587. The molecule has 16 heavy (non-hydrogen) atoms. The van der Waals surface area contributed by atoms with E-state index in [0.717, 1.165) is 5.56 Å². The molecule has 4 nitrogen and oxygen atoms in total. The zero-order chi connectivity index (χ0) is 12.3. The van der Waals surface area contributed by atoms with Crippen molar-refractivity contribution in [2.45, 2.75) is 20.8 Å². The second-order valence-electron chi connectivity index (χ2n) is 4.35. The normalized spacial score (nSPS) is 11.8. The molecule has 0 unspecified atom stereocenters. The Morgan fingerprint density at radius 2 is 2.00 bits per heavy atom. The van der Waals surface area contributed by atoms with Gasteiger partial charge in [0.15, 0.2) is 0 Å². The van der Waals surface area contributed by atoms with E-state index in [1.807, 2.05) is 20.8 Å². The van der Waals surface area contributed by atoms with E-state index in [4.69, 9.17) is 5.73 Å². The molecule has 0 saturated carbocycles. The van der Waals surface area contributed by atoms with Crippen molar-refractivity contribution in [2.24, 2.45) is 5.92 Å². The summed E-state index contributed by atoms with van der Waals surface area (Å²) >= 11 is 0. The Kier molecular flexibility index (Phi) is 3.80. The van der Waals surface area contributed by atoms with Gasteiger partial charge in [-0.1, -0.05) is 19.9 Å². The molecule has 1 aromatic carbocycles. The Labute approximate surface area is 96.9 Å². The molecule has 1 rings (SSSR count). The van der Waals surface area contributed by atoms with E-state index >= 15 is 0 Å². The number of sulfonamides is 1. The molecule has 0 fully saturated rings. The van der Waals surface area contributed by atoms with Crippen molar-refractivity contribution >= 4 is 21.4 Å². The number of rotatable bonds is 4. The zero-order valence-corrected chi connectivity index (χ0v) is 10.6. The zero-order valence-electron chi connectivity index (χ0n) is 9.82. The third-order valence-corrected chi connectivity index (χ3v) is 3.76. The van der Waals surface area contributed by atoms with Crippen LogP contribution in [0, 0.1) is 12.8 Å². The Balaban J connectivity index is 2.84. The Morgan fingerprint density at radius 3 is 2.50 bits per heavy atom. The maximum Gasteiger partial charge on any atom is 0.232 e. The number of benzene rings is 1. The summed E-state index contributed by atoms with van der Waals surface area (Å²) in [6.45, 7) is 5.60. The van der Waals surface area contributed by atoms with E-state index in [1.54, 1.807) is 18.2 Å². The van der Waals surface area contributed by atoms with Gasteiger partial charge in [-0.05, 0) is 30.5 Å². The summed E-state index contributed by atoms with van der Waals surface area (Å²) in [4.78, 5) is 0. The van der Waals surface area contributed by atoms with Gasteiger partial charge in [-0.15, -0.1) is 0 Å². The number of nitrogens with one attached hydrogen (secondary N) is 1. The highest BCUT2D eigenvalue weighted by Crippen LogP contribution is 2.18. The number of hydrogen-bond donors (Lipinski definition) is 2. The smallest absolute Gasteiger partial charge is 0.232 e. The van der Waals surface area contributed by atoms with Gasteiger partial charge in [0.05, 0.1) is 11.4 Å². The lowest BCUT2D eigenvalue weighted by Gasteiger charge is -2.11. The number of nitrogen functional groups attached to an aromatic ring is 1. The van der Waals surface area contributed by atoms with E-state index in [9.17, 15) is 8.42 Å². The molecule has 0 saturated heterocycles. The summed E-state index contributed by atoms with van der Waals surface area (Å²) in [6.07, 6.45) is 0. The molecule has 90 valence electrons. The molecule has 0 spiro atoms. The molecule has 0 heterocycles. The Morgan fingerprint density at radius 1 is 1.38 bits per heavy atom. The van der Waals surface area contributed by atoms with Crippen LogP contribution < -0.4 is 10.5 Å². The minimum absolute atomic E-state index is 0.0975. The number of aryl methyl sites for hydroxylation is 1. The number of hydrogen-bond acceptors (Lipinski definition) is 3. The fourth-order valence-electron chi connectivity index (χ4n) is 1.36. The van der Waals surface area contributed by atoms with Gasteiger partial charge in [0.1, 0.15) is 0 Å². The monoisotopic (exact) mass is 242 g/mol. The number of nitrogens with two attached hydrogens (primary N) is 1. The van der Waals surface area contributed by atoms with E-state index in [2.05, 4.69) is 4.72 Å². The van der Waals surface area contributed by atoms with Gasteiger partial charge < -0.3 is 5.73 Å². The second kappa shape index (κ2) is 4.74. The fraction of sp³-hybridized carbons (Fsp3) is 0.455. The average Bonchev–Trinajstić information content (AvgIpc) is 2.08. The predicted molar refractivity (Wildman–Crippen MR) is 67.8 cm³/mol. The van der Waals surface area contributed by atoms with E-state index in [0.29, 0.717) is 11.4 Å². The van der Waals surface area contributed by atoms with Crippen LogP contribution in [-0.4, -0.2) is 14.2 Å². The Bertz CT molecular complexity index is 467. The van der Waals surface area contributed by atoms with Crippen molar-refractivity contribution < 1.29 is 8.42 Å². The third-order valence-electron chi connectivity index (χ3n) is 2.11. The van der Waals surface area contributed by atoms with Crippen molar-refractivity contribution in [2.75, 3.05) is 16.2 Å². The first-order valence-electron chi connectivity index (χ1n) is 5.17. The number of anilines is 2. The highest BCUT2D eigenvalue weighted by atomic mass is 32.2. The highest BCUT2D eigenvalue weighted by Gasteiger charge is 2.12. The van der Waals surface area contributed by atoms with Crippen molar-refractivity contribution in [3.63, 3.8) is 0 Å². The van der Waals surface area contributed by atoms with Crippen LogP contribution in [0.5, 0.6) is 0 Å². The van der Waals surface area contributed by atoms with E-state index in [1.165, 1.54) is 0 Å². The van der Waals surface area contributed by atoms with Gasteiger partial charge in [-0.2, -0.15) is 0 Å². The van der Waals surface area contributed by atoms with E-state index in [-0.39, 0.29) is 11.7 Å². The molecule has 1 aromatic rings. The minimum Gasteiger partial charge on any atom is -0.398 e. The Hall–Kier alpha value is -1.23. The standard InChI is InChI=1S/C11H18N2O2S/c1-8(2)7-16(14,15)13-10-5-4-9(3)11(12)6-10/h4-6,8,13H,7,12H2,1-3H3. The molecule has 0 aliphatic heterocycles. The molecule has 0 aliphatic carbocycles. The molecular weight excluding hydrogens is 224 g/mol. The average molecular weight is 242 g/mol. The molecule has 0 aromatic heterocycles.